The van der Waals surface area contributed by atoms with Crippen molar-refractivity contribution in [2.75, 3.05) is 11.4 Å². The summed E-state index contributed by atoms with van der Waals surface area (Å²) in [5, 5.41) is 0. The van der Waals surface area contributed by atoms with Crippen LogP contribution in [0.1, 0.15) is 12.5 Å². The van der Waals surface area contributed by atoms with Crippen LogP contribution in [0, 0.1) is 0 Å². The molecule has 0 aliphatic carbocycles. The molecule has 0 radical (unpaired) electrons. The maximum absolute atomic E-state index is 11.7. The van der Waals surface area contributed by atoms with Gasteiger partial charge in [-0.15, -0.1) is 0 Å². The van der Waals surface area contributed by atoms with Crippen LogP contribution < -0.4 is 4.90 Å². The first-order chi connectivity index (χ1) is 8.66. The summed E-state index contributed by atoms with van der Waals surface area (Å²) in [6.45, 7) is 2.35. The van der Waals surface area contributed by atoms with Crippen molar-refractivity contribution in [2.24, 2.45) is 0 Å². The van der Waals surface area contributed by atoms with Gasteiger partial charge in [0.05, 0.1) is 12.0 Å². The molecule has 0 saturated heterocycles. The molecule has 1 aliphatic heterocycles. The lowest BCUT2D eigenvalue weighted by Gasteiger charge is -2.18. The molecule has 2 heterocycles. The fourth-order valence-electron chi connectivity index (χ4n) is 2.44. The summed E-state index contributed by atoms with van der Waals surface area (Å²) in [6, 6.07) is 7.85. The van der Waals surface area contributed by atoms with E-state index < -0.39 is 0 Å². The monoisotopic (exact) mass is 305 g/mol. The first-order valence-electron chi connectivity index (χ1n) is 5.81. The Kier molecular flexibility index (Phi) is 2.74. The molecule has 0 unspecified atom stereocenters. The number of hydrogen-bond acceptors (Lipinski definition) is 2. The van der Waals surface area contributed by atoms with Gasteiger partial charge in [0.2, 0.25) is 5.91 Å². The van der Waals surface area contributed by atoms with Gasteiger partial charge >= 0.3 is 0 Å². The zero-order valence-electron chi connectivity index (χ0n) is 9.94. The zero-order chi connectivity index (χ0) is 12.7. The van der Waals surface area contributed by atoms with E-state index in [2.05, 4.69) is 22.0 Å². The lowest BCUT2D eigenvalue weighted by atomic mass is 10.1. The molecule has 4 heteroatoms. The van der Waals surface area contributed by atoms with Crippen LogP contribution in [0.15, 0.2) is 39.4 Å². The summed E-state index contributed by atoms with van der Waals surface area (Å²) in [5.41, 5.74) is 3.14. The Hall–Kier alpha value is -1.55. The van der Waals surface area contributed by atoms with Crippen LogP contribution in [-0.4, -0.2) is 12.5 Å². The van der Waals surface area contributed by atoms with E-state index in [1.54, 1.807) is 13.2 Å². The number of halogens is 1. The second kappa shape index (κ2) is 4.28. The van der Waals surface area contributed by atoms with E-state index in [0.717, 1.165) is 34.4 Å². The van der Waals surface area contributed by atoms with E-state index in [-0.39, 0.29) is 5.91 Å². The average molecular weight is 306 g/mol. The van der Waals surface area contributed by atoms with Gasteiger partial charge in [0.25, 0.3) is 0 Å². The number of rotatable bonds is 1. The van der Waals surface area contributed by atoms with Gasteiger partial charge in [0.15, 0.2) is 0 Å². The van der Waals surface area contributed by atoms with Crippen LogP contribution in [0.5, 0.6) is 0 Å². The van der Waals surface area contributed by atoms with Gasteiger partial charge in [0.1, 0.15) is 5.76 Å². The third kappa shape index (κ3) is 1.77. The molecule has 0 saturated carbocycles. The van der Waals surface area contributed by atoms with Crippen molar-refractivity contribution in [3.63, 3.8) is 0 Å². The van der Waals surface area contributed by atoms with Crippen LogP contribution in [0.4, 0.5) is 5.69 Å². The number of carbonyl (C=O) groups excluding carboxylic acids is 1. The SMILES string of the molecule is CC(=O)N1CCc2cc(Br)cc(-c3ccco3)c21. The predicted molar refractivity (Wildman–Crippen MR) is 73.6 cm³/mol. The van der Waals surface area contributed by atoms with E-state index in [0.29, 0.717) is 0 Å². The molecule has 1 amide bonds. The summed E-state index contributed by atoms with van der Waals surface area (Å²) in [4.78, 5) is 13.5. The topological polar surface area (TPSA) is 33.5 Å². The highest BCUT2D eigenvalue weighted by Crippen LogP contribution is 2.40. The molecule has 1 aliphatic rings. The number of fused-ring (bicyclic) bond motifs is 1. The van der Waals surface area contributed by atoms with Crippen molar-refractivity contribution < 1.29 is 9.21 Å². The lowest BCUT2D eigenvalue weighted by Crippen LogP contribution is -2.26. The Bertz CT molecular complexity index is 605. The minimum Gasteiger partial charge on any atom is -0.464 e. The summed E-state index contributed by atoms with van der Waals surface area (Å²) in [5.74, 6) is 0.865. The lowest BCUT2D eigenvalue weighted by molar-refractivity contribution is -0.116. The van der Waals surface area contributed by atoms with E-state index in [9.17, 15) is 4.79 Å². The first kappa shape index (κ1) is 11.5. The van der Waals surface area contributed by atoms with Crippen LogP contribution in [0.2, 0.25) is 0 Å². The first-order valence-corrected chi connectivity index (χ1v) is 6.60. The number of amides is 1. The molecule has 3 rings (SSSR count). The summed E-state index contributed by atoms with van der Waals surface area (Å²) >= 11 is 3.51. The zero-order valence-corrected chi connectivity index (χ0v) is 11.5. The minimum absolute atomic E-state index is 0.0730. The molecule has 0 fully saturated rings. The number of hydrogen-bond donors (Lipinski definition) is 0. The molecular formula is C14H12BrNO2. The molecule has 0 atom stereocenters. The quantitative estimate of drug-likeness (QED) is 0.806. The van der Waals surface area contributed by atoms with Gasteiger partial charge in [0, 0.05) is 23.5 Å². The van der Waals surface area contributed by atoms with Crippen LogP contribution in [0.25, 0.3) is 11.3 Å². The fraction of sp³-hybridized carbons (Fsp3) is 0.214. The van der Waals surface area contributed by atoms with E-state index in [1.165, 1.54) is 5.56 Å². The summed E-state index contributed by atoms with van der Waals surface area (Å²) in [6.07, 6.45) is 2.54. The fourth-order valence-corrected chi connectivity index (χ4v) is 2.95. The molecule has 92 valence electrons. The van der Waals surface area contributed by atoms with Crippen molar-refractivity contribution in [3.8, 4) is 11.3 Å². The Morgan fingerprint density at radius 3 is 2.94 bits per heavy atom. The van der Waals surface area contributed by atoms with Gasteiger partial charge < -0.3 is 9.32 Å². The standard InChI is InChI=1S/C14H12BrNO2/c1-9(17)16-5-4-10-7-11(15)8-12(14(10)16)13-3-2-6-18-13/h2-3,6-8H,4-5H2,1H3. The van der Waals surface area contributed by atoms with Gasteiger partial charge in [-0.3, -0.25) is 4.79 Å². The molecule has 3 nitrogen and oxygen atoms in total. The van der Waals surface area contributed by atoms with Crippen molar-refractivity contribution in [1.82, 2.24) is 0 Å². The normalized spacial score (nSPS) is 13.8. The average Bonchev–Trinajstić information content (AvgIpc) is 2.96. The number of benzene rings is 1. The molecule has 0 N–H and O–H groups in total. The highest BCUT2D eigenvalue weighted by atomic mass is 79.9. The summed E-state index contributed by atoms with van der Waals surface area (Å²) in [7, 11) is 0. The Balaban J connectivity index is 2.23. The third-order valence-corrected chi connectivity index (χ3v) is 3.65. The second-order valence-corrected chi connectivity index (χ2v) is 5.27. The van der Waals surface area contributed by atoms with E-state index >= 15 is 0 Å². The molecular weight excluding hydrogens is 294 g/mol. The van der Waals surface area contributed by atoms with Gasteiger partial charge in [-0.2, -0.15) is 0 Å². The highest BCUT2D eigenvalue weighted by molar-refractivity contribution is 9.10. The number of anilines is 1. The van der Waals surface area contributed by atoms with Crippen molar-refractivity contribution in [3.05, 3.63) is 40.6 Å². The predicted octanol–water partition coefficient (Wildman–Crippen LogP) is 3.62. The number of nitrogens with zero attached hydrogens (tertiary/aromatic N) is 1. The molecule has 18 heavy (non-hydrogen) atoms. The van der Waals surface area contributed by atoms with Crippen molar-refractivity contribution in [2.45, 2.75) is 13.3 Å². The Morgan fingerprint density at radius 2 is 2.28 bits per heavy atom. The van der Waals surface area contributed by atoms with Crippen molar-refractivity contribution in [1.29, 1.82) is 0 Å². The molecule has 0 spiro atoms. The number of furan rings is 1. The molecule has 1 aromatic heterocycles. The van der Waals surface area contributed by atoms with Crippen molar-refractivity contribution >= 4 is 27.5 Å². The smallest absolute Gasteiger partial charge is 0.223 e. The second-order valence-electron chi connectivity index (χ2n) is 4.36. The van der Waals surface area contributed by atoms with Gasteiger partial charge in [-0.1, -0.05) is 15.9 Å². The molecule has 2 aromatic rings. The van der Waals surface area contributed by atoms with Crippen LogP contribution in [-0.2, 0) is 11.2 Å². The van der Waals surface area contributed by atoms with Gasteiger partial charge in [-0.05, 0) is 36.2 Å². The third-order valence-electron chi connectivity index (χ3n) is 3.20. The van der Waals surface area contributed by atoms with E-state index in [1.807, 2.05) is 23.1 Å². The number of carbonyl (C=O) groups is 1. The highest BCUT2D eigenvalue weighted by Gasteiger charge is 2.27. The van der Waals surface area contributed by atoms with Gasteiger partial charge in [-0.25, -0.2) is 0 Å². The Morgan fingerprint density at radius 1 is 1.44 bits per heavy atom. The molecule has 1 aromatic carbocycles. The maximum Gasteiger partial charge on any atom is 0.223 e. The minimum atomic E-state index is 0.0730. The van der Waals surface area contributed by atoms with E-state index in [4.69, 9.17) is 4.42 Å². The Labute approximate surface area is 114 Å². The summed E-state index contributed by atoms with van der Waals surface area (Å²) < 4.78 is 6.48. The molecule has 0 bridgehead atoms. The van der Waals surface area contributed by atoms with Crippen LogP contribution >= 0.6 is 15.9 Å². The maximum atomic E-state index is 11.7. The largest absolute Gasteiger partial charge is 0.464 e. The van der Waals surface area contributed by atoms with Crippen LogP contribution in [0.3, 0.4) is 0 Å².